The molecule has 6 heteroatoms. The molecule has 1 aliphatic heterocycles. The fourth-order valence-corrected chi connectivity index (χ4v) is 3.57. The Bertz CT molecular complexity index is 762. The summed E-state index contributed by atoms with van der Waals surface area (Å²) in [4.78, 5) is 25.2. The number of thioether (sulfide) groups is 1. The van der Waals surface area contributed by atoms with E-state index in [2.05, 4.69) is 10.6 Å². The van der Waals surface area contributed by atoms with Gasteiger partial charge in [0.15, 0.2) is 0 Å². The van der Waals surface area contributed by atoms with Gasteiger partial charge in [0.25, 0.3) is 0 Å². The van der Waals surface area contributed by atoms with Gasteiger partial charge in [0.1, 0.15) is 12.4 Å². The second kappa shape index (κ2) is 8.07. The molecule has 2 aromatic rings. The lowest BCUT2D eigenvalue weighted by atomic mass is 10.2. The Labute approximate surface area is 151 Å². The maximum absolute atomic E-state index is 12.1. The van der Waals surface area contributed by atoms with E-state index in [1.54, 1.807) is 0 Å². The van der Waals surface area contributed by atoms with Gasteiger partial charge in [-0.2, -0.15) is 0 Å². The number of fused-ring (bicyclic) bond motifs is 1. The molecule has 0 spiro atoms. The van der Waals surface area contributed by atoms with Crippen LogP contribution in [0.25, 0.3) is 0 Å². The highest BCUT2D eigenvalue weighted by Gasteiger charge is 2.28. The summed E-state index contributed by atoms with van der Waals surface area (Å²) in [6.45, 7) is 2.81. The summed E-state index contributed by atoms with van der Waals surface area (Å²) in [5.74, 6) is 0.493. The van der Waals surface area contributed by atoms with Gasteiger partial charge in [-0.05, 0) is 31.2 Å². The number of carbonyl (C=O) groups excluding carboxylic acids is 2. The van der Waals surface area contributed by atoms with Crippen molar-refractivity contribution in [3.05, 3.63) is 54.1 Å². The minimum atomic E-state index is -0.409. The van der Waals surface area contributed by atoms with Crippen molar-refractivity contribution in [3.63, 3.8) is 0 Å². The summed E-state index contributed by atoms with van der Waals surface area (Å²) in [6.07, 6.45) is 0.148. The van der Waals surface area contributed by atoms with Crippen LogP contribution in [0.15, 0.2) is 53.4 Å². The average molecular weight is 356 g/mol. The number of hydrogen-bond acceptors (Lipinski definition) is 4. The first-order valence-electron chi connectivity index (χ1n) is 8.14. The molecule has 0 saturated heterocycles. The highest BCUT2D eigenvalue weighted by atomic mass is 32.2. The molecule has 0 aliphatic carbocycles. The molecular formula is C19H20N2O3S. The predicted molar refractivity (Wildman–Crippen MR) is 99.0 cm³/mol. The molecule has 2 N–H and O–H groups in total. The number of amides is 2. The van der Waals surface area contributed by atoms with Crippen molar-refractivity contribution in [1.82, 2.24) is 5.32 Å². The van der Waals surface area contributed by atoms with E-state index in [1.807, 2.05) is 55.5 Å². The Morgan fingerprint density at radius 3 is 2.76 bits per heavy atom. The highest BCUT2D eigenvalue weighted by Crippen LogP contribution is 2.36. The fraction of sp³-hybridized carbons (Fsp3) is 0.263. The summed E-state index contributed by atoms with van der Waals surface area (Å²) in [6, 6.07) is 15.4. The molecule has 25 heavy (non-hydrogen) atoms. The van der Waals surface area contributed by atoms with Crippen LogP contribution in [0.4, 0.5) is 5.69 Å². The monoisotopic (exact) mass is 356 g/mol. The Morgan fingerprint density at radius 1 is 1.20 bits per heavy atom. The molecule has 1 atom stereocenters. The van der Waals surface area contributed by atoms with Crippen molar-refractivity contribution in [2.75, 3.05) is 18.5 Å². The zero-order chi connectivity index (χ0) is 17.6. The molecular weight excluding hydrogens is 336 g/mol. The number of carbonyl (C=O) groups is 2. The van der Waals surface area contributed by atoms with Crippen LogP contribution in [0.3, 0.4) is 0 Å². The molecule has 3 rings (SSSR count). The largest absolute Gasteiger partial charge is 0.492 e. The number of aryl methyl sites for hydroxylation is 1. The van der Waals surface area contributed by atoms with E-state index in [4.69, 9.17) is 4.74 Å². The van der Waals surface area contributed by atoms with Gasteiger partial charge in [-0.25, -0.2) is 0 Å². The van der Waals surface area contributed by atoms with Crippen LogP contribution in [0.1, 0.15) is 12.0 Å². The summed E-state index contributed by atoms with van der Waals surface area (Å²) in [5.41, 5.74) is 1.98. The van der Waals surface area contributed by atoms with E-state index in [0.717, 1.165) is 16.3 Å². The van der Waals surface area contributed by atoms with Gasteiger partial charge < -0.3 is 15.4 Å². The van der Waals surface area contributed by atoms with Crippen LogP contribution in [0.5, 0.6) is 5.75 Å². The van der Waals surface area contributed by atoms with E-state index in [0.29, 0.717) is 13.2 Å². The number of anilines is 1. The van der Waals surface area contributed by atoms with Crippen LogP contribution in [0, 0.1) is 6.92 Å². The molecule has 0 aromatic heterocycles. The second-order valence-electron chi connectivity index (χ2n) is 5.81. The molecule has 1 aliphatic rings. The normalized spacial score (nSPS) is 15.9. The SMILES string of the molecule is Cc1ccc(OCCNC(=O)C[C@@H]2Sc3ccccc3NC2=O)cc1. The lowest BCUT2D eigenvalue weighted by Gasteiger charge is -2.23. The number of benzene rings is 2. The number of rotatable bonds is 6. The first kappa shape index (κ1) is 17.4. The molecule has 5 nitrogen and oxygen atoms in total. The van der Waals surface area contributed by atoms with Crippen molar-refractivity contribution in [3.8, 4) is 5.75 Å². The molecule has 2 amide bonds. The third-order valence-corrected chi connectivity index (χ3v) is 5.07. The standard InChI is InChI=1S/C19H20N2O3S/c1-13-6-8-14(9-7-13)24-11-10-20-18(22)12-17-19(23)21-15-4-2-3-5-16(15)25-17/h2-9,17H,10-12H2,1H3,(H,20,22)(H,21,23)/t17-/m0/s1. The fourth-order valence-electron chi connectivity index (χ4n) is 2.46. The van der Waals surface area contributed by atoms with Gasteiger partial charge in [0.2, 0.25) is 11.8 Å². The summed E-state index contributed by atoms with van der Waals surface area (Å²) in [7, 11) is 0. The summed E-state index contributed by atoms with van der Waals surface area (Å²) in [5, 5.41) is 5.23. The highest BCUT2D eigenvalue weighted by molar-refractivity contribution is 8.01. The van der Waals surface area contributed by atoms with Crippen LogP contribution in [0.2, 0.25) is 0 Å². The van der Waals surface area contributed by atoms with Gasteiger partial charge in [0, 0.05) is 11.3 Å². The van der Waals surface area contributed by atoms with Crippen molar-refractivity contribution < 1.29 is 14.3 Å². The van der Waals surface area contributed by atoms with Crippen LogP contribution in [-0.2, 0) is 9.59 Å². The number of para-hydroxylation sites is 1. The zero-order valence-corrected chi connectivity index (χ0v) is 14.8. The van der Waals surface area contributed by atoms with Crippen molar-refractivity contribution in [2.24, 2.45) is 0 Å². The van der Waals surface area contributed by atoms with Crippen LogP contribution in [-0.4, -0.2) is 30.2 Å². The van der Waals surface area contributed by atoms with E-state index < -0.39 is 5.25 Å². The smallest absolute Gasteiger partial charge is 0.238 e. The van der Waals surface area contributed by atoms with E-state index in [-0.39, 0.29) is 18.2 Å². The van der Waals surface area contributed by atoms with Gasteiger partial charge >= 0.3 is 0 Å². The average Bonchev–Trinajstić information content (AvgIpc) is 2.61. The molecule has 1 heterocycles. The van der Waals surface area contributed by atoms with Crippen molar-refractivity contribution in [1.29, 1.82) is 0 Å². The van der Waals surface area contributed by atoms with E-state index >= 15 is 0 Å². The maximum Gasteiger partial charge on any atom is 0.238 e. The minimum Gasteiger partial charge on any atom is -0.492 e. The maximum atomic E-state index is 12.1. The zero-order valence-electron chi connectivity index (χ0n) is 14.0. The molecule has 0 unspecified atom stereocenters. The third kappa shape index (κ3) is 4.76. The quantitative estimate of drug-likeness (QED) is 0.781. The second-order valence-corrected chi connectivity index (χ2v) is 7.05. The third-order valence-electron chi connectivity index (χ3n) is 3.79. The number of ether oxygens (including phenoxy) is 1. The van der Waals surface area contributed by atoms with Crippen LogP contribution >= 0.6 is 11.8 Å². The summed E-state index contributed by atoms with van der Waals surface area (Å²) < 4.78 is 5.57. The Morgan fingerprint density at radius 2 is 1.96 bits per heavy atom. The van der Waals surface area contributed by atoms with Gasteiger partial charge in [-0.1, -0.05) is 29.8 Å². The van der Waals surface area contributed by atoms with E-state index in [9.17, 15) is 9.59 Å². The molecule has 130 valence electrons. The van der Waals surface area contributed by atoms with Crippen molar-refractivity contribution in [2.45, 2.75) is 23.5 Å². The molecule has 0 radical (unpaired) electrons. The van der Waals surface area contributed by atoms with Crippen LogP contribution < -0.4 is 15.4 Å². The predicted octanol–water partition coefficient (Wildman–Crippen LogP) is 2.99. The van der Waals surface area contributed by atoms with E-state index in [1.165, 1.54) is 17.3 Å². The minimum absolute atomic E-state index is 0.130. The van der Waals surface area contributed by atoms with Crippen molar-refractivity contribution >= 4 is 29.3 Å². The molecule has 0 bridgehead atoms. The molecule has 0 fully saturated rings. The Kier molecular flexibility index (Phi) is 5.60. The lowest BCUT2D eigenvalue weighted by Crippen LogP contribution is -2.36. The lowest BCUT2D eigenvalue weighted by molar-refractivity contribution is -0.124. The first-order chi connectivity index (χ1) is 12.1. The number of nitrogens with one attached hydrogen (secondary N) is 2. The van der Waals surface area contributed by atoms with Gasteiger partial charge in [-0.15, -0.1) is 11.8 Å². The van der Waals surface area contributed by atoms with Gasteiger partial charge in [-0.3, -0.25) is 9.59 Å². The molecule has 2 aromatic carbocycles. The number of hydrogen-bond donors (Lipinski definition) is 2. The first-order valence-corrected chi connectivity index (χ1v) is 9.02. The topological polar surface area (TPSA) is 67.4 Å². The Balaban J connectivity index is 1.42. The summed E-state index contributed by atoms with van der Waals surface area (Å²) >= 11 is 1.43. The molecule has 0 saturated carbocycles. The van der Waals surface area contributed by atoms with Gasteiger partial charge in [0.05, 0.1) is 17.5 Å². The Hall–Kier alpha value is -2.47.